The Kier molecular flexibility index (Phi) is 6.51. The van der Waals surface area contributed by atoms with Crippen LogP contribution in [0.1, 0.15) is 28.8 Å². The van der Waals surface area contributed by atoms with Crippen LogP contribution in [-0.4, -0.2) is 21.3 Å². The predicted molar refractivity (Wildman–Crippen MR) is 179 cm³/mol. The van der Waals surface area contributed by atoms with Gasteiger partial charge in [-0.25, -0.2) is 20.8 Å². The van der Waals surface area contributed by atoms with E-state index in [2.05, 4.69) is 24.3 Å². The molecule has 2 atom stereocenters. The van der Waals surface area contributed by atoms with E-state index in [1.807, 2.05) is 91.1 Å². The summed E-state index contributed by atoms with van der Waals surface area (Å²) in [6.45, 7) is 0. The summed E-state index contributed by atoms with van der Waals surface area (Å²) < 4.78 is 26.4. The van der Waals surface area contributed by atoms with Gasteiger partial charge in [0.15, 0.2) is 11.6 Å². The summed E-state index contributed by atoms with van der Waals surface area (Å²) in [7, 11) is -2.68. The first-order valence-corrected chi connectivity index (χ1v) is 16.9. The summed E-state index contributed by atoms with van der Waals surface area (Å²) in [5.41, 5.74) is 6.90. The van der Waals surface area contributed by atoms with Crippen LogP contribution in [0.4, 0.5) is 0 Å². The van der Waals surface area contributed by atoms with Crippen molar-refractivity contribution in [3.8, 4) is 22.3 Å². The highest BCUT2D eigenvalue weighted by Gasteiger charge is 2.29. The highest BCUT2D eigenvalue weighted by molar-refractivity contribution is 7.89. The van der Waals surface area contributed by atoms with Crippen molar-refractivity contribution in [2.24, 2.45) is 11.8 Å². The Morgan fingerprint density at radius 2 is 1.30 bits per heavy atom. The molecule has 3 aliphatic carbocycles. The van der Waals surface area contributed by atoms with Gasteiger partial charge in [-0.05, 0) is 70.0 Å². The van der Waals surface area contributed by atoms with Crippen LogP contribution in [0.15, 0.2) is 137 Å². The van der Waals surface area contributed by atoms with Crippen molar-refractivity contribution >= 4 is 47.6 Å². The van der Waals surface area contributed by atoms with E-state index in [4.69, 9.17) is 0 Å². The zero-order valence-corrected chi connectivity index (χ0v) is 25.2. The number of allylic oxidation sites excluding steroid dienone is 11. The molecule has 0 saturated heterocycles. The maximum atomic E-state index is 13.4. The molecule has 2 aliphatic heterocycles. The normalized spacial score (nSPS) is 22.5. The first-order valence-electron chi connectivity index (χ1n) is 14.6. The van der Waals surface area contributed by atoms with Gasteiger partial charge in [0.25, 0.3) is 0 Å². The third-order valence-electron chi connectivity index (χ3n) is 8.80. The lowest BCUT2D eigenvalue weighted by Crippen LogP contribution is -2.32. The fourth-order valence-corrected chi connectivity index (χ4v) is 9.47. The molecule has 2 unspecified atom stereocenters. The molecule has 3 aromatic carbocycles. The van der Waals surface area contributed by atoms with E-state index in [9.17, 15) is 18.0 Å². The van der Waals surface area contributed by atoms with Crippen LogP contribution in [0.3, 0.4) is 0 Å². The molecule has 216 valence electrons. The predicted octanol–water partition coefficient (Wildman–Crippen LogP) is 7.35. The van der Waals surface area contributed by atoms with E-state index < -0.39 is 32.6 Å². The summed E-state index contributed by atoms with van der Waals surface area (Å²) >= 11 is 0. The highest BCUT2D eigenvalue weighted by atomic mass is 32.2. The number of rotatable bonds is 3. The Morgan fingerprint density at radius 3 is 2.09 bits per heavy atom. The Balaban J connectivity index is 1.13. The van der Waals surface area contributed by atoms with Crippen LogP contribution in [0.2, 0.25) is 0 Å². The van der Waals surface area contributed by atoms with Gasteiger partial charge in [-0.3, -0.25) is 9.59 Å². The van der Waals surface area contributed by atoms with Gasteiger partial charge in [0.1, 0.15) is 0 Å². The third kappa shape index (κ3) is 4.32. The largest absolute Gasteiger partial charge is 0.457 e. The van der Waals surface area contributed by atoms with Crippen molar-refractivity contribution in [3.63, 3.8) is 0 Å². The molecule has 0 radical (unpaired) electrons. The molecule has 44 heavy (non-hydrogen) atoms. The fourth-order valence-electron chi connectivity index (χ4n) is 6.54. The Morgan fingerprint density at radius 1 is 0.614 bits per heavy atom. The first-order chi connectivity index (χ1) is 21.5. The molecular formula is C38H26O4S2-2. The molecule has 4 nitrogen and oxygen atoms in total. The summed E-state index contributed by atoms with van der Waals surface area (Å²) in [5.74, 6) is -0.994. The van der Waals surface area contributed by atoms with Crippen molar-refractivity contribution in [1.29, 1.82) is 0 Å². The van der Waals surface area contributed by atoms with Crippen LogP contribution < -0.4 is 0 Å². The number of Topliss-reactive ketones (excluding diaryl/α,β-unsaturated/α-hetero) is 2. The topological polar surface area (TPSA) is 68.3 Å². The van der Waals surface area contributed by atoms with Crippen molar-refractivity contribution in [1.82, 2.24) is 0 Å². The third-order valence-corrected chi connectivity index (χ3v) is 12.0. The minimum Gasteiger partial charge on any atom is -0.457 e. The van der Waals surface area contributed by atoms with Gasteiger partial charge in [-0.15, -0.1) is 19.5 Å². The lowest BCUT2D eigenvalue weighted by atomic mass is 9.84. The summed E-state index contributed by atoms with van der Waals surface area (Å²) in [6.07, 6.45) is 18.5. The molecule has 3 aromatic rings. The summed E-state index contributed by atoms with van der Waals surface area (Å²) in [5, 5.41) is 0. The molecule has 8 rings (SSSR count). The highest BCUT2D eigenvalue weighted by Crippen LogP contribution is 2.36. The fraction of sp³-hybridized carbons (Fsp3) is 0.105. The van der Waals surface area contributed by atoms with E-state index in [0.29, 0.717) is 30.7 Å². The van der Waals surface area contributed by atoms with E-state index in [1.54, 1.807) is 6.08 Å². The summed E-state index contributed by atoms with van der Waals surface area (Å²) in [6, 6.07) is 22.0. The number of hydrogen-bond donors (Lipinski definition) is 0. The Bertz CT molecular complexity index is 2210. The SMILES string of the molecule is O=C1C2=CCCC=C2[S-](=O)=C2C=CC(c3cccc(-c4cccc(-c5ccc6c(c5)C(=O)C5C=CC=CC5=[S-]6=O)c4)c3)=CC12. The van der Waals surface area contributed by atoms with Crippen LogP contribution in [0.5, 0.6) is 0 Å². The number of ketones is 2. The Labute approximate surface area is 259 Å². The average molecular weight is 611 g/mol. The molecule has 0 aromatic heterocycles. The second kappa shape index (κ2) is 10.6. The smallest absolute Gasteiger partial charge is 0.170 e. The molecule has 5 aliphatic rings. The first kappa shape index (κ1) is 27.1. The number of hydrogen-bond acceptors (Lipinski definition) is 6. The molecule has 0 spiro atoms. The monoisotopic (exact) mass is 610 g/mol. The van der Waals surface area contributed by atoms with Gasteiger partial charge in [0.05, 0.1) is 0 Å². The van der Waals surface area contributed by atoms with Gasteiger partial charge in [-0.2, -0.15) is 0 Å². The van der Waals surface area contributed by atoms with Crippen LogP contribution in [0, 0.1) is 11.8 Å². The maximum absolute atomic E-state index is 13.4. The minimum absolute atomic E-state index is 0.0220. The number of fused-ring (bicyclic) bond motifs is 4. The molecule has 6 heteroatoms. The quantitative estimate of drug-likeness (QED) is 0.230. The van der Waals surface area contributed by atoms with Gasteiger partial charge in [0, 0.05) is 17.4 Å². The lowest BCUT2D eigenvalue weighted by molar-refractivity contribution is -0.116. The standard InChI is InChI=1S/C38H26O4S2/c39-37-29-11-1-3-13-33(29)43(41)35-17-15-27(21-31(35)37)25-9-5-7-23(19-25)24-8-6-10-26(20-24)28-16-18-36-32(22-28)38(40)30-12-2-4-14-34(30)44(36)42/h1,3,5-22,29,32H,2,4H2/q-2. The molecule has 0 fully saturated rings. The number of carbonyl (C=O) groups is 2. The van der Waals surface area contributed by atoms with Crippen molar-refractivity contribution in [2.75, 3.05) is 0 Å². The molecule has 0 saturated carbocycles. The van der Waals surface area contributed by atoms with Gasteiger partial charge >= 0.3 is 0 Å². The summed E-state index contributed by atoms with van der Waals surface area (Å²) in [4.78, 5) is 29.3. The molecule has 0 N–H and O–H groups in total. The van der Waals surface area contributed by atoms with E-state index in [1.165, 1.54) is 0 Å². The zero-order valence-electron chi connectivity index (χ0n) is 23.6. The van der Waals surface area contributed by atoms with E-state index in [0.717, 1.165) is 46.2 Å². The Hall–Kier alpha value is -4.52. The van der Waals surface area contributed by atoms with Crippen molar-refractivity contribution in [2.45, 2.75) is 17.7 Å². The molecule has 0 bridgehead atoms. The van der Waals surface area contributed by atoms with Crippen molar-refractivity contribution in [3.05, 3.63) is 143 Å². The molecule has 0 amide bonds. The average Bonchev–Trinajstić information content (AvgIpc) is 3.09. The van der Waals surface area contributed by atoms with Gasteiger partial charge < -0.3 is 8.42 Å². The van der Waals surface area contributed by atoms with E-state index >= 15 is 0 Å². The minimum atomic E-state index is -1.36. The van der Waals surface area contributed by atoms with Gasteiger partial charge in [-0.1, -0.05) is 103 Å². The van der Waals surface area contributed by atoms with Crippen molar-refractivity contribution < 1.29 is 18.0 Å². The van der Waals surface area contributed by atoms with Crippen LogP contribution in [0.25, 0.3) is 27.8 Å². The zero-order chi connectivity index (χ0) is 29.9. The van der Waals surface area contributed by atoms with E-state index in [-0.39, 0.29) is 11.6 Å². The molecule has 2 heterocycles. The molecular weight excluding hydrogens is 585 g/mol. The second-order valence-electron chi connectivity index (χ2n) is 11.4. The maximum Gasteiger partial charge on any atom is 0.170 e. The second-order valence-corrected chi connectivity index (χ2v) is 14.3. The van der Waals surface area contributed by atoms with Gasteiger partial charge in [0.2, 0.25) is 0 Å². The van der Waals surface area contributed by atoms with Crippen LogP contribution in [-0.2, 0) is 34.0 Å². The van der Waals surface area contributed by atoms with Crippen LogP contribution >= 0.6 is 0 Å². The lowest BCUT2D eigenvalue weighted by Gasteiger charge is -2.34. The number of carbonyl (C=O) groups excluding carboxylic acids is 2. The number of benzene rings is 3.